The van der Waals surface area contributed by atoms with Crippen LogP contribution in [0.25, 0.3) is 0 Å². The molecule has 0 fully saturated rings. The van der Waals surface area contributed by atoms with Crippen LogP contribution in [0.1, 0.15) is 26.3 Å². The lowest BCUT2D eigenvalue weighted by atomic mass is 10.1. The molecule has 0 atom stereocenters. The Balaban J connectivity index is 1.96. The third kappa shape index (κ3) is 7.12. The van der Waals surface area contributed by atoms with Crippen molar-refractivity contribution in [1.82, 2.24) is 4.31 Å². The van der Waals surface area contributed by atoms with Gasteiger partial charge in [-0.15, -0.1) is 0 Å². The van der Waals surface area contributed by atoms with E-state index in [4.69, 9.17) is 18.9 Å². The van der Waals surface area contributed by atoms with Crippen molar-refractivity contribution < 1.29 is 41.7 Å². The number of carbonyl (C=O) groups is 3. The molecule has 0 aliphatic heterocycles. The van der Waals surface area contributed by atoms with Crippen LogP contribution in [0, 0.1) is 0 Å². The molecule has 3 rings (SSSR count). The average molecular weight is 557 g/mol. The van der Waals surface area contributed by atoms with E-state index in [2.05, 4.69) is 5.32 Å². The van der Waals surface area contributed by atoms with Crippen molar-refractivity contribution in [1.29, 1.82) is 0 Å². The summed E-state index contributed by atoms with van der Waals surface area (Å²) in [5.41, 5.74) is 0.714. The van der Waals surface area contributed by atoms with Crippen molar-refractivity contribution in [3.63, 3.8) is 0 Å². The summed E-state index contributed by atoms with van der Waals surface area (Å²) in [4.78, 5) is 37.2. The minimum Gasteiger partial charge on any atom is -0.493 e. The lowest BCUT2D eigenvalue weighted by Gasteiger charge is -2.22. The summed E-state index contributed by atoms with van der Waals surface area (Å²) in [7, 11) is 0.951. The van der Waals surface area contributed by atoms with Crippen LogP contribution in [-0.2, 0) is 30.8 Å². The smallest absolute Gasteiger partial charge is 0.337 e. The van der Waals surface area contributed by atoms with Gasteiger partial charge in [0.25, 0.3) is 0 Å². The van der Waals surface area contributed by atoms with Gasteiger partial charge in [-0.2, -0.15) is 4.31 Å². The van der Waals surface area contributed by atoms with Gasteiger partial charge in [-0.1, -0.05) is 30.3 Å². The van der Waals surface area contributed by atoms with E-state index in [1.807, 2.05) is 0 Å². The summed E-state index contributed by atoms with van der Waals surface area (Å²) in [6.45, 7) is -0.692. The highest BCUT2D eigenvalue weighted by Gasteiger charge is 2.28. The Bertz CT molecular complexity index is 1420. The molecule has 206 valence electrons. The molecule has 3 aromatic rings. The first-order valence-corrected chi connectivity index (χ1v) is 12.9. The molecule has 11 nitrogen and oxygen atoms in total. The molecule has 0 saturated carbocycles. The maximum atomic E-state index is 13.7. The van der Waals surface area contributed by atoms with Gasteiger partial charge in [-0.05, 0) is 35.9 Å². The molecule has 0 saturated heterocycles. The van der Waals surface area contributed by atoms with Gasteiger partial charge in [0, 0.05) is 18.3 Å². The second kappa shape index (κ2) is 12.9. The number of nitrogens with one attached hydrogen (secondary N) is 1. The minimum atomic E-state index is -4.21. The number of rotatable bonds is 11. The van der Waals surface area contributed by atoms with E-state index in [9.17, 15) is 22.8 Å². The highest BCUT2D eigenvalue weighted by molar-refractivity contribution is 7.89. The van der Waals surface area contributed by atoms with Crippen LogP contribution in [0.5, 0.6) is 11.5 Å². The first-order chi connectivity index (χ1) is 18.6. The van der Waals surface area contributed by atoms with Gasteiger partial charge >= 0.3 is 11.9 Å². The SMILES string of the molecule is COC(=O)c1cc(NC(=O)CN(Cc2ccccc2)S(=O)(=O)c2ccc(OC)c(OC)c2)cc(C(=O)OC)c1. The molecule has 1 N–H and O–H groups in total. The predicted octanol–water partition coefficient (Wildman–Crippen LogP) is 3.11. The third-order valence-corrected chi connectivity index (χ3v) is 7.36. The first kappa shape index (κ1) is 29.1. The zero-order chi connectivity index (χ0) is 28.6. The zero-order valence-corrected chi connectivity index (χ0v) is 22.6. The second-order valence-electron chi connectivity index (χ2n) is 8.11. The van der Waals surface area contributed by atoms with Gasteiger partial charge in [-0.25, -0.2) is 18.0 Å². The number of methoxy groups -OCH3 is 4. The van der Waals surface area contributed by atoms with Crippen molar-refractivity contribution in [3.05, 3.63) is 83.4 Å². The van der Waals surface area contributed by atoms with E-state index in [0.717, 1.165) is 4.31 Å². The number of esters is 2. The van der Waals surface area contributed by atoms with Crippen LogP contribution in [-0.4, -0.2) is 65.6 Å². The van der Waals surface area contributed by atoms with E-state index in [1.165, 1.54) is 64.8 Å². The molecule has 0 spiro atoms. The fourth-order valence-corrected chi connectivity index (χ4v) is 5.07. The largest absolute Gasteiger partial charge is 0.493 e. The maximum Gasteiger partial charge on any atom is 0.337 e. The predicted molar refractivity (Wildman–Crippen MR) is 141 cm³/mol. The number of benzene rings is 3. The quantitative estimate of drug-likeness (QED) is 0.353. The lowest BCUT2D eigenvalue weighted by molar-refractivity contribution is -0.116. The van der Waals surface area contributed by atoms with Crippen molar-refractivity contribution in [2.75, 3.05) is 40.3 Å². The van der Waals surface area contributed by atoms with Crippen molar-refractivity contribution >= 4 is 33.6 Å². The van der Waals surface area contributed by atoms with Gasteiger partial charge in [0.2, 0.25) is 15.9 Å². The van der Waals surface area contributed by atoms with Crippen LogP contribution in [0.4, 0.5) is 5.69 Å². The van der Waals surface area contributed by atoms with Crippen molar-refractivity contribution in [2.45, 2.75) is 11.4 Å². The van der Waals surface area contributed by atoms with Crippen LogP contribution in [0.2, 0.25) is 0 Å². The maximum absolute atomic E-state index is 13.7. The molecular weight excluding hydrogens is 528 g/mol. The van der Waals surface area contributed by atoms with E-state index in [-0.39, 0.29) is 34.0 Å². The highest BCUT2D eigenvalue weighted by atomic mass is 32.2. The Kier molecular flexibility index (Phi) is 9.63. The van der Waals surface area contributed by atoms with Crippen LogP contribution >= 0.6 is 0 Å². The van der Waals surface area contributed by atoms with E-state index in [1.54, 1.807) is 30.3 Å². The van der Waals surface area contributed by atoms with Gasteiger partial charge in [0.1, 0.15) is 0 Å². The molecule has 0 bridgehead atoms. The summed E-state index contributed by atoms with van der Waals surface area (Å²) in [5, 5.41) is 2.56. The summed E-state index contributed by atoms with van der Waals surface area (Å²) >= 11 is 0. The Morgan fingerprint density at radius 1 is 0.769 bits per heavy atom. The third-order valence-electron chi connectivity index (χ3n) is 5.57. The monoisotopic (exact) mass is 556 g/mol. The first-order valence-electron chi connectivity index (χ1n) is 11.5. The van der Waals surface area contributed by atoms with Crippen LogP contribution < -0.4 is 14.8 Å². The van der Waals surface area contributed by atoms with Crippen molar-refractivity contribution in [2.24, 2.45) is 0 Å². The summed E-state index contributed by atoms with van der Waals surface area (Å²) in [6.07, 6.45) is 0. The van der Waals surface area contributed by atoms with Crippen LogP contribution in [0.3, 0.4) is 0 Å². The summed E-state index contributed by atoms with van der Waals surface area (Å²) in [5.74, 6) is -1.64. The molecular formula is C27H28N2O9S. The van der Waals surface area contributed by atoms with Gasteiger partial charge in [0.15, 0.2) is 11.5 Å². The zero-order valence-electron chi connectivity index (χ0n) is 21.8. The normalized spacial score (nSPS) is 11.0. The number of hydrogen-bond acceptors (Lipinski definition) is 9. The molecule has 0 radical (unpaired) electrons. The number of sulfonamides is 1. The number of nitrogens with zero attached hydrogens (tertiary/aromatic N) is 1. The van der Waals surface area contributed by atoms with Gasteiger partial charge in [0.05, 0.1) is 51.0 Å². The number of hydrogen-bond donors (Lipinski definition) is 1. The van der Waals surface area contributed by atoms with Crippen molar-refractivity contribution in [3.8, 4) is 11.5 Å². The van der Waals surface area contributed by atoms with E-state index in [0.29, 0.717) is 11.3 Å². The molecule has 0 aromatic heterocycles. The second-order valence-corrected chi connectivity index (χ2v) is 10.0. The Labute approximate surface area is 226 Å². The number of ether oxygens (including phenoxy) is 4. The summed E-state index contributed by atoms with van der Waals surface area (Å²) in [6, 6.07) is 16.8. The molecule has 0 aliphatic rings. The summed E-state index contributed by atoms with van der Waals surface area (Å²) < 4.78 is 48.2. The van der Waals surface area contributed by atoms with Gasteiger partial charge in [-0.3, -0.25) is 4.79 Å². The molecule has 1 amide bonds. The Morgan fingerprint density at radius 3 is 1.90 bits per heavy atom. The molecule has 0 heterocycles. The number of amides is 1. The fourth-order valence-electron chi connectivity index (χ4n) is 3.67. The standard InChI is InChI=1S/C27H28N2O9S/c1-35-23-11-10-22(15-24(23)36-2)39(33,34)29(16-18-8-6-5-7-9-18)17-25(30)28-21-13-19(26(31)37-3)12-20(14-21)27(32)38-4/h5-15H,16-17H2,1-4H3,(H,28,30). The lowest BCUT2D eigenvalue weighted by Crippen LogP contribution is -2.37. The fraction of sp³-hybridized carbons (Fsp3) is 0.222. The molecule has 0 unspecified atom stereocenters. The molecule has 12 heteroatoms. The molecule has 3 aromatic carbocycles. The Morgan fingerprint density at radius 2 is 1.36 bits per heavy atom. The van der Waals surface area contributed by atoms with E-state index >= 15 is 0 Å². The number of carbonyl (C=O) groups excluding carboxylic acids is 3. The molecule has 39 heavy (non-hydrogen) atoms. The minimum absolute atomic E-state index is 0.00482. The average Bonchev–Trinajstić information content (AvgIpc) is 2.95. The Hall–Kier alpha value is -4.42. The highest BCUT2D eigenvalue weighted by Crippen LogP contribution is 2.31. The van der Waals surface area contributed by atoms with Gasteiger partial charge < -0.3 is 24.3 Å². The topological polar surface area (TPSA) is 138 Å². The van der Waals surface area contributed by atoms with Crippen LogP contribution in [0.15, 0.2) is 71.6 Å². The molecule has 0 aliphatic carbocycles. The number of anilines is 1. The van der Waals surface area contributed by atoms with E-state index < -0.39 is 34.4 Å².